The van der Waals surface area contributed by atoms with E-state index in [4.69, 9.17) is 0 Å². The SMILES string of the molecule is CC(C(=O)NC1CCCCC1)N1CCC(C)(O)C1. The number of hydrogen-bond donors (Lipinski definition) is 2. The minimum atomic E-state index is -0.626. The second kappa shape index (κ2) is 5.57. The minimum absolute atomic E-state index is 0.124. The quantitative estimate of drug-likeness (QED) is 0.798. The Labute approximate surface area is 110 Å². The lowest BCUT2D eigenvalue weighted by Crippen LogP contribution is -2.48. The molecule has 1 saturated carbocycles. The monoisotopic (exact) mass is 254 g/mol. The summed E-state index contributed by atoms with van der Waals surface area (Å²) in [6.45, 7) is 5.21. The van der Waals surface area contributed by atoms with Gasteiger partial charge in [0.15, 0.2) is 0 Å². The highest BCUT2D eigenvalue weighted by atomic mass is 16.3. The summed E-state index contributed by atoms with van der Waals surface area (Å²) in [4.78, 5) is 14.3. The van der Waals surface area contributed by atoms with Crippen LogP contribution in [0.15, 0.2) is 0 Å². The van der Waals surface area contributed by atoms with Crippen molar-refractivity contribution < 1.29 is 9.90 Å². The number of hydrogen-bond acceptors (Lipinski definition) is 3. The third kappa shape index (κ3) is 3.45. The van der Waals surface area contributed by atoms with Crippen LogP contribution in [0.25, 0.3) is 0 Å². The van der Waals surface area contributed by atoms with Crippen LogP contribution in [-0.4, -0.2) is 46.7 Å². The summed E-state index contributed by atoms with van der Waals surface area (Å²) in [7, 11) is 0. The maximum absolute atomic E-state index is 12.2. The lowest BCUT2D eigenvalue weighted by Gasteiger charge is -2.28. The highest BCUT2D eigenvalue weighted by molar-refractivity contribution is 5.81. The molecule has 0 bridgehead atoms. The molecule has 2 unspecified atom stereocenters. The number of nitrogens with zero attached hydrogens (tertiary/aromatic N) is 1. The van der Waals surface area contributed by atoms with Crippen LogP contribution in [-0.2, 0) is 4.79 Å². The van der Waals surface area contributed by atoms with Gasteiger partial charge in [0.05, 0.1) is 11.6 Å². The molecule has 4 heteroatoms. The molecular weight excluding hydrogens is 228 g/mol. The number of amides is 1. The van der Waals surface area contributed by atoms with Crippen molar-refractivity contribution >= 4 is 5.91 Å². The summed E-state index contributed by atoms with van der Waals surface area (Å²) in [6, 6.07) is 0.248. The molecule has 1 saturated heterocycles. The number of carbonyl (C=O) groups is 1. The highest BCUT2D eigenvalue weighted by Gasteiger charge is 2.36. The molecule has 0 aromatic rings. The molecule has 0 aromatic heterocycles. The summed E-state index contributed by atoms with van der Waals surface area (Å²) < 4.78 is 0. The van der Waals surface area contributed by atoms with Crippen molar-refractivity contribution in [1.82, 2.24) is 10.2 Å². The van der Waals surface area contributed by atoms with Gasteiger partial charge < -0.3 is 10.4 Å². The Kier molecular flexibility index (Phi) is 4.28. The van der Waals surface area contributed by atoms with E-state index in [1.807, 2.05) is 13.8 Å². The van der Waals surface area contributed by atoms with Crippen LogP contribution in [0.5, 0.6) is 0 Å². The van der Waals surface area contributed by atoms with Crippen LogP contribution in [0.2, 0.25) is 0 Å². The molecule has 0 radical (unpaired) electrons. The Bertz CT molecular complexity index is 298. The number of likely N-dealkylation sites (tertiary alicyclic amines) is 1. The average molecular weight is 254 g/mol. The van der Waals surface area contributed by atoms with Gasteiger partial charge in [-0.25, -0.2) is 0 Å². The Morgan fingerprint density at radius 3 is 2.61 bits per heavy atom. The molecule has 2 atom stereocenters. The number of nitrogens with one attached hydrogen (secondary N) is 1. The fraction of sp³-hybridized carbons (Fsp3) is 0.929. The lowest BCUT2D eigenvalue weighted by atomic mass is 9.95. The van der Waals surface area contributed by atoms with Crippen molar-refractivity contribution in [2.45, 2.75) is 70.1 Å². The molecule has 4 nitrogen and oxygen atoms in total. The van der Waals surface area contributed by atoms with Crippen LogP contribution in [0.3, 0.4) is 0 Å². The predicted octanol–water partition coefficient (Wildman–Crippen LogP) is 1.28. The van der Waals surface area contributed by atoms with E-state index >= 15 is 0 Å². The van der Waals surface area contributed by atoms with E-state index in [-0.39, 0.29) is 11.9 Å². The van der Waals surface area contributed by atoms with E-state index in [1.54, 1.807) is 0 Å². The van der Waals surface area contributed by atoms with Crippen LogP contribution in [0.4, 0.5) is 0 Å². The second-order valence-corrected chi connectivity index (χ2v) is 6.24. The molecule has 1 heterocycles. The predicted molar refractivity (Wildman–Crippen MR) is 71.3 cm³/mol. The van der Waals surface area contributed by atoms with Crippen LogP contribution in [0, 0.1) is 0 Å². The number of β-amino-alcohol motifs (C(OH)–C–C–N with tert-alkyl or cyclic N) is 1. The van der Waals surface area contributed by atoms with Gasteiger partial charge >= 0.3 is 0 Å². The summed E-state index contributed by atoms with van der Waals surface area (Å²) in [5.74, 6) is 0.125. The largest absolute Gasteiger partial charge is 0.389 e. The highest BCUT2D eigenvalue weighted by Crippen LogP contribution is 2.23. The molecule has 104 valence electrons. The van der Waals surface area contributed by atoms with E-state index in [0.717, 1.165) is 25.8 Å². The maximum atomic E-state index is 12.2. The third-order valence-corrected chi connectivity index (χ3v) is 4.36. The molecule has 2 N–H and O–H groups in total. The zero-order valence-corrected chi connectivity index (χ0v) is 11.6. The molecule has 1 amide bonds. The molecule has 2 fully saturated rings. The van der Waals surface area contributed by atoms with E-state index in [0.29, 0.717) is 12.6 Å². The number of rotatable bonds is 3. The van der Waals surface area contributed by atoms with Crippen molar-refractivity contribution in [2.24, 2.45) is 0 Å². The molecule has 18 heavy (non-hydrogen) atoms. The topological polar surface area (TPSA) is 52.6 Å². The Morgan fingerprint density at radius 1 is 1.39 bits per heavy atom. The molecule has 1 aliphatic carbocycles. The standard InChI is InChI=1S/C14H26N2O2/c1-11(16-9-8-14(2,18)10-16)13(17)15-12-6-4-3-5-7-12/h11-12,18H,3-10H2,1-2H3,(H,15,17). The summed E-state index contributed by atoms with van der Waals surface area (Å²) in [5, 5.41) is 13.1. The lowest BCUT2D eigenvalue weighted by molar-refractivity contribution is -0.126. The zero-order valence-electron chi connectivity index (χ0n) is 11.6. The van der Waals surface area contributed by atoms with Gasteiger partial charge in [0.25, 0.3) is 0 Å². The van der Waals surface area contributed by atoms with Crippen molar-refractivity contribution in [2.75, 3.05) is 13.1 Å². The zero-order chi connectivity index (χ0) is 13.2. The first-order valence-electron chi connectivity index (χ1n) is 7.25. The van der Waals surface area contributed by atoms with E-state index < -0.39 is 5.60 Å². The van der Waals surface area contributed by atoms with Gasteiger partial charge in [-0.1, -0.05) is 19.3 Å². The molecule has 0 spiro atoms. The first-order chi connectivity index (χ1) is 8.48. The maximum Gasteiger partial charge on any atom is 0.237 e. The van der Waals surface area contributed by atoms with Crippen molar-refractivity contribution in [1.29, 1.82) is 0 Å². The fourth-order valence-electron chi connectivity index (χ4n) is 3.05. The minimum Gasteiger partial charge on any atom is -0.389 e. The van der Waals surface area contributed by atoms with Gasteiger partial charge in [0, 0.05) is 19.1 Å². The van der Waals surface area contributed by atoms with E-state index in [9.17, 15) is 9.90 Å². The first-order valence-corrected chi connectivity index (χ1v) is 7.25. The Balaban J connectivity index is 1.81. The van der Waals surface area contributed by atoms with Crippen molar-refractivity contribution in [3.63, 3.8) is 0 Å². The first kappa shape index (κ1) is 13.8. The molecule has 1 aliphatic heterocycles. The van der Waals surface area contributed by atoms with Gasteiger partial charge in [0.1, 0.15) is 0 Å². The van der Waals surface area contributed by atoms with E-state index in [2.05, 4.69) is 10.2 Å². The molecule has 2 rings (SSSR count). The fourth-order valence-corrected chi connectivity index (χ4v) is 3.05. The van der Waals surface area contributed by atoms with Gasteiger partial charge in [-0.05, 0) is 33.1 Å². The van der Waals surface area contributed by atoms with Crippen LogP contribution in [0.1, 0.15) is 52.4 Å². The number of aliphatic hydroxyl groups is 1. The Hall–Kier alpha value is -0.610. The second-order valence-electron chi connectivity index (χ2n) is 6.24. The third-order valence-electron chi connectivity index (χ3n) is 4.36. The van der Waals surface area contributed by atoms with Gasteiger partial charge in [0.2, 0.25) is 5.91 Å². The van der Waals surface area contributed by atoms with Crippen LogP contribution < -0.4 is 5.32 Å². The van der Waals surface area contributed by atoms with Gasteiger partial charge in [-0.15, -0.1) is 0 Å². The molecular formula is C14H26N2O2. The smallest absolute Gasteiger partial charge is 0.237 e. The molecule has 2 aliphatic rings. The van der Waals surface area contributed by atoms with Gasteiger partial charge in [-0.2, -0.15) is 0 Å². The van der Waals surface area contributed by atoms with Crippen molar-refractivity contribution in [3.8, 4) is 0 Å². The normalized spacial score (nSPS) is 32.4. The van der Waals surface area contributed by atoms with Gasteiger partial charge in [-0.3, -0.25) is 9.69 Å². The summed E-state index contributed by atoms with van der Waals surface area (Å²) in [5.41, 5.74) is -0.626. The molecule has 0 aromatic carbocycles. The summed E-state index contributed by atoms with van der Waals surface area (Å²) in [6.07, 6.45) is 6.77. The van der Waals surface area contributed by atoms with Crippen molar-refractivity contribution in [3.05, 3.63) is 0 Å². The average Bonchev–Trinajstić information content (AvgIpc) is 2.70. The van der Waals surface area contributed by atoms with Crippen LogP contribution >= 0.6 is 0 Å². The van der Waals surface area contributed by atoms with E-state index in [1.165, 1.54) is 19.3 Å². The Morgan fingerprint density at radius 2 is 2.06 bits per heavy atom. The summed E-state index contributed by atoms with van der Waals surface area (Å²) >= 11 is 0. The number of carbonyl (C=O) groups excluding carboxylic acids is 1.